The third kappa shape index (κ3) is 16.4. The van der Waals surface area contributed by atoms with E-state index >= 15 is 0 Å². The van der Waals surface area contributed by atoms with E-state index in [1.54, 1.807) is 0 Å². The molecular formula is C18H37O4S+. The molecular weight excluding hydrogens is 312 g/mol. The molecule has 0 unspecified atom stereocenters. The fraction of sp³-hybridized carbons (Fsp3) is 0.944. The fourth-order valence-electron chi connectivity index (χ4n) is 1.87. The Kier molecular flexibility index (Phi) is 14.0. The van der Waals surface area contributed by atoms with Gasteiger partial charge in [0, 0.05) is 0 Å². The Morgan fingerprint density at radius 2 is 1.48 bits per heavy atom. The number of hydrogen-bond donors (Lipinski definition) is 0. The van der Waals surface area contributed by atoms with E-state index in [2.05, 4.69) is 13.8 Å². The van der Waals surface area contributed by atoms with Crippen molar-refractivity contribution in [2.45, 2.75) is 65.9 Å². The quantitative estimate of drug-likeness (QED) is 0.273. The van der Waals surface area contributed by atoms with Gasteiger partial charge in [-0.05, 0) is 44.5 Å². The lowest BCUT2D eigenvalue weighted by Crippen LogP contribution is -2.25. The van der Waals surface area contributed by atoms with Crippen molar-refractivity contribution in [2.75, 3.05) is 43.7 Å². The van der Waals surface area contributed by atoms with Crippen molar-refractivity contribution in [3.05, 3.63) is 0 Å². The summed E-state index contributed by atoms with van der Waals surface area (Å²) in [5.41, 5.74) is -0.136. The van der Waals surface area contributed by atoms with E-state index in [-0.39, 0.29) is 22.5 Å². The van der Waals surface area contributed by atoms with Gasteiger partial charge in [0.15, 0.2) is 0 Å². The van der Waals surface area contributed by atoms with E-state index in [0.717, 1.165) is 11.5 Å². The summed E-state index contributed by atoms with van der Waals surface area (Å²) in [4.78, 5) is 11.9. The van der Waals surface area contributed by atoms with Crippen molar-refractivity contribution in [3.8, 4) is 0 Å². The molecule has 0 spiro atoms. The van der Waals surface area contributed by atoms with Crippen molar-refractivity contribution in [1.29, 1.82) is 0 Å². The van der Waals surface area contributed by atoms with Gasteiger partial charge in [0.05, 0.1) is 25.4 Å². The average Bonchev–Trinajstić information content (AvgIpc) is 2.47. The Hall–Kier alpha value is -0.260. The first-order valence-electron chi connectivity index (χ1n) is 8.90. The third-order valence-electron chi connectivity index (χ3n) is 3.15. The van der Waals surface area contributed by atoms with Crippen LogP contribution in [0.1, 0.15) is 60.3 Å². The van der Waals surface area contributed by atoms with Gasteiger partial charge in [-0.2, -0.15) is 0 Å². The van der Waals surface area contributed by atoms with Gasteiger partial charge in [-0.3, -0.25) is 0 Å². The molecule has 0 fully saturated rings. The SMILES string of the molecule is CCCC[S+](CCCC)CC(=O)OCCOCCOC(C)(C)C. The van der Waals surface area contributed by atoms with Crippen LogP contribution in [0, 0.1) is 0 Å². The summed E-state index contributed by atoms with van der Waals surface area (Å²) < 4.78 is 16.2. The maximum Gasteiger partial charge on any atom is 0.356 e. The normalized spacial score (nSPS) is 11.9. The third-order valence-corrected chi connectivity index (χ3v) is 5.52. The lowest BCUT2D eigenvalue weighted by atomic mass is 10.2. The van der Waals surface area contributed by atoms with Crippen LogP contribution in [0.4, 0.5) is 0 Å². The van der Waals surface area contributed by atoms with Crippen LogP contribution in [-0.4, -0.2) is 55.3 Å². The summed E-state index contributed by atoms with van der Waals surface area (Å²) in [6.45, 7) is 12.3. The van der Waals surface area contributed by atoms with Gasteiger partial charge < -0.3 is 14.2 Å². The molecule has 23 heavy (non-hydrogen) atoms. The maximum atomic E-state index is 11.9. The summed E-state index contributed by atoms with van der Waals surface area (Å²) >= 11 is 0. The minimum Gasteiger partial charge on any atom is -0.460 e. The molecule has 0 bridgehead atoms. The molecule has 0 aliphatic heterocycles. The Morgan fingerprint density at radius 3 is 2.00 bits per heavy atom. The van der Waals surface area contributed by atoms with Crippen molar-refractivity contribution >= 4 is 16.9 Å². The Morgan fingerprint density at radius 1 is 0.913 bits per heavy atom. The van der Waals surface area contributed by atoms with Crippen LogP contribution in [0.25, 0.3) is 0 Å². The molecule has 0 aliphatic carbocycles. The van der Waals surface area contributed by atoms with Crippen LogP contribution in [0.15, 0.2) is 0 Å². The van der Waals surface area contributed by atoms with Gasteiger partial charge in [0.1, 0.15) is 18.1 Å². The monoisotopic (exact) mass is 349 g/mol. The zero-order valence-corrected chi connectivity index (χ0v) is 16.6. The lowest BCUT2D eigenvalue weighted by molar-refractivity contribution is -0.142. The van der Waals surface area contributed by atoms with Crippen molar-refractivity contribution in [1.82, 2.24) is 0 Å². The number of hydrogen-bond acceptors (Lipinski definition) is 4. The van der Waals surface area contributed by atoms with Crippen molar-refractivity contribution in [3.63, 3.8) is 0 Å². The summed E-state index contributed by atoms with van der Waals surface area (Å²) in [6, 6.07) is 0. The fourth-order valence-corrected chi connectivity index (χ4v) is 4.18. The standard InChI is InChI=1S/C18H37O4S/c1-6-8-14-23(15-9-7-2)16-17(19)21-12-10-20-11-13-22-18(3,4)5/h6-16H2,1-5H3/q+1. The first-order valence-corrected chi connectivity index (χ1v) is 10.6. The lowest BCUT2D eigenvalue weighted by Gasteiger charge is -2.19. The predicted octanol–water partition coefficient (Wildman–Crippen LogP) is 3.58. The van der Waals surface area contributed by atoms with E-state index in [0.29, 0.717) is 32.2 Å². The van der Waals surface area contributed by atoms with Gasteiger partial charge in [-0.15, -0.1) is 0 Å². The van der Waals surface area contributed by atoms with Crippen LogP contribution >= 0.6 is 0 Å². The summed E-state index contributed by atoms with van der Waals surface area (Å²) in [6.07, 6.45) is 4.79. The zero-order valence-electron chi connectivity index (χ0n) is 15.8. The molecule has 0 aromatic carbocycles. The number of carbonyl (C=O) groups is 1. The first kappa shape index (κ1) is 22.7. The highest BCUT2D eigenvalue weighted by Gasteiger charge is 2.22. The molecule has 0 amide bonds. The molecule has 0 aromatic rings. The first-order chi connectivity index (χ1) is 10.9. The molecule has 5 heteroatoms. The summed E-state index contributed by atoms with van der Waals surface area (Å²) in [5, 5.41) is 0. The van der Waals surface area contributed by atoms with E-state index < -0.39 is 0 Å². The van der Waals surface area contributed by atoms with Gasteiger partial charge in [0.2, 0.25) is 5.75 Å². The minimum absolute atomic E-state index is 0.0740. The maximum absolute atomic E-state index is 11.9. The second-order valence-electron chi connectivity index (χ2n) is 6.67. The van der Waals surface area contributed by atoms with Gasteiger partial charge in [0.25, 0.3) is 0 Å². The van der Waals surface area contributed by atoms with Crippen LogP contribution < -0.4 is 0 Å². The highest BCUT2D eigenvalue weighted by atomic mass is 32.2. The van der Waals surface area contributed by atoms with Crippen LogP contribution in [0.2, 0.25) is 0 Å². The topological polar surface area (TPSA) is 44.8 Å². The minimum atomic E-state index is -0.136. The molecule has 0 saturated carbocycles. The Balaban J connectivity index is 3.69. The van der Waals surface area contributed by atoms with Crippen molar-refractivity contribution in [2.24, 2.45) is 0 Å². The van der Waals surface area contributed by atoms with E-state index in [1.165, 1.54) is 25.7 Å². The van der Waals surface area contributed by atoms with Gasteiger partial charge in [-0.1, -0.05) is 26.7 Å². The summed E-state index contributed by atoms with van der Waals surface area (Å²) in [5.74, 6) is 2.82. The van der Waals surface area contributed by atoms with E-state index in [1.807, 2.05) is 20.8 Å². The molecule has 0 N–H and O–H groups in total. The van der Waals surface area contributed by atoms with Gasteiger partial charge >= 0.3 is 5.97 Å². The number of carbonyl (C=O) groups excluding carboxylic acids is 1. The number of unbranched alkanes of at least 4 members (excludes halogenated alkanes) is 2. The van der Waals surface area contributed by atoms with Crippen LogP contribution in [0.5, 0.6) is 0 Å². The molecule has 4 nitrogen and oxygen atoms in total. The number of ether oxygens (including phenoxy) is 3. The zero-order chi connectivity index (χ0) is 17.6. The Bertz CT molecular complexity index is 281. The molecule has 0 aliphatic rings. The average molecular weight is 350 g/mol. The predicted molar refractivity (Wildman–Crippen MR) is 99.3 cm³/mol. The second-order valence-corrected chi connectivity index (χ2v) is 9.00. The molecule has 0 rings (SSSR count). The molecule has 0 radical (unpaired) electrons. The molecule has 138 valence electrons. The summed E-state index contributed by atoms with van der Waals surface area (Å²) in [7, 11) is 0.190. The number of esters is 1. The highest BCUT2D eigenvalue weighted by molar-refractivity contribution is 7.97. The Labute approximate surface area is 146 Å². The van der Waals surface area contributed by atoms with Crippen LogP contribution in [-0.2, 0) is 29.9 Å². The van der Waals surface area contributed by atoms with E-state index in [9.17, 15) is 4.79 Å². The molecule has 0 atom stereocenters. The van der Waals surface area contributed by atoms with Crippen molar-refractivity contribution < 1.29 is 19.0 Å². The second kappa shape index (κ2) is 14.1. The molecule has 0 heterocycles. The number of rotatable bonds is 14. The molecule has 0 saturated heterocycles. The molecule has 0 aromatic heterocycles. The van der Waals surface area contributed by atoms with Crippen LogP contribution in [0.3, 0.4) is 0 Å². The largest absolute Gasteiger partial charge is 0.460 e. The van der Waals surface area contributed by atoms with E-state index in [4.69, 9.17) is 14.2 Å². The van der Waals surface area contributed by atoms with Gasteiger partial charge in [-0.25, -0.2) is 4.79 Å². The smallest absolute Gasteiger partial charge is 0.356 e. The highest BCUT2D eigenvalue weighted by Crippen LogP contribution is 2.07.